The zero-order valence-electron chi connectivity index (χ0n) is 14.1. The topological polar surface area (TPSA) is 56.3 Å². The Balaban J connectivity index is 1.60. The highest BCUT2D eigenvalue weighted by Gasteiger charge is 2.08. The van der Waals surface area contributed by atoms with Gasteiger partial charge in [0, 0.05) is 5.75 Å². The second-order valence-corrected chi connectivity index (χ2v) is 7.26. The summed E-state index contributed by atoms with van der Waals surface area (Å²) in [5, 5.41) is 12.5. The second-order valence-electron chi connectivity index (χ2n) is 5.06. The van der Waals surface area contributed by atoms with Gasteiger partial charge in [-0.15, -0.1) is 10.2 Å². The molecule has 25 heavy (non-hydrogen) atoms. The first-order valence-electron chi connectivity index (χ1n) is 7.86. The summed E-state index contributed by atoms with van der Waals surface area (Å²) in [5.74, 6) is 2.52. The van der Waals surface area contributed by atoms with E-state index in [0.717, 1.165) is 32.4 Å². The maximum Gasteiger partial charge on any atom is 0.210 e. The quantitative estimate of drug-likeness (QED) is 0.562. The van der Waals surface area contributed by atoms with Gasteiger partial charge in [0.1, 0.15) is 11.5 Å². The Labute approximate surface area is 155 Å². The number of hydrogen-bond acceptors (Lipinski definition) is 7. The second kappa shape index (κ2) is 8.73. The van der Waals surface area contributed by atoms with Crippen molar-refractivity contribution in [1.29, 1.82) is 0 Å². The van der Waals surface area contributed by atoms with Crippen molar-refractivity contribution in [2.45, 2.75) is 17.0 Å². The van der Waals surface area contributed by atoms with E-state index in [1.807, 2.05) is 43.3 Å². The van der Waals surface area contributed by atoms with Crippen molar-refractivity contribution >= 4 is 33.9 Å². The fourth-order valence-corrected chi connectivity index (χ4v) is 3.87. The Morgan fingerprint density at radius 3 is 2.64 bits per heavy atom. The Morgan fingerprint density at radius 1 is 1.08 bits per heavy atom. The number of nitrogens with zero attached hydrogens (tertiary/aromatic N) is 2. The van der Waals surface area contributed by atoms with Crippen molar-refractivity contribution in [3.8, 4) is 11.5 Å². The minimum absolute atomic E-state index is 0.623. The number of benzene rings is 2. The Hall–Kier alpha value is -2.25. The predicted octanol–water partition coefficient (Wildman–Crippen LogP) is 4.98. The molecule has 0 amide bonds. The zero-order chi connectivity index (χ0) is 17.5. The van der Waals surface area contributed by atoms with Crippen molar-refractivity contribution in [3.63, 3.8) is 0 Å². The lowest BCUT2D eigenvalue weighted by atomic mass is 10.2. The van der Waals surface area contributed by atoms with E-state index in [2.05, 4.69) is 27.6 Å². The van der Waals surface area contributed by atoms with Gasteiger partial charge in [-0.2, -0.15) is 0 Å². The van der Waals surface area contributed by atoms with Gasteiger partial charge in [0.2, 0.25) is 5.13 Å². The Kier molecular flexibility index (Phi) is 6.14. The van der Waals surface area contributed by atoms with E-state index in [9.17, 15) is 0 Å². The molecule has 0 saturated heterocycles. The fourth-order valence-electron chi connectivity index (χ4n) is 2.15. The summed E-state index contributed by atoms with van der Waals surface area (Å²) in [6, 6.07) is 15.9. The van der Waals surface area contributed by atoms with E-state index >= 15 is 0 Å². The monoisotopic (exact) mass is 373 g/mol. The number of methoxy groups -OCH3 is 1. The Morgan fingerprint density at radius 2 is 1.88 bits per heavy atom. The zero-order valence-corrected chi connectivity index (χ0v) is 15.7. The van der Waals surface area contributed by atoms with E-state index in [-0.39, 0.29) is 0 Å². The molecule has 130 valence electrons. The van der Waals surface area contributed by atoms with Crippen LogP contribution in [0.5, 0.6) is 11.5 Å². The van der Waals surface area contributed by atoms with Crippen LogP contribution < -0.4 is 14.8 Å². The van der Waals surface area contributed by atoms with Crippen molar-refractivity contribution in [1.82, 2.24) is 10.2 Å². The molecule has 5 nitrogen and oxygen atoms in total. The van der Waals surface area contributed by atoms with Crippen LogP contribution in [0.3, 0.4) is 0 Å². The highest BCUT2D eigenvalue weighted by Crippen LogP contribution is 2.32. The average Bonchev–Trinajstić information content (AvgIpc) is 3.10. The molecule has 0 atom stereocenters. The molecule has 0 saturated carbocycles. The number of anilines is 2. The highest BCUT2D eigenvalue weighted by atomic mass is 32.2. The van der Waals surface area contributed by atoms with Gasteiger partial charge < -0.3 is 14.8 Å². The largest absolute Gasteiger partial charge is 0.497 e. The third-order valence-corrected chi connectivity index (χ3v) is 5.40. The van der Waals surface area contributed by atoms with Crippen LogP contribution >= 0.6 is 23.1 Å². The van der Waals surface area contributed by atoms with Crippen LogP contribution in [-0.4, -0.2) is 23.9 Å². The molecule has 3 rings (SSSR count). The molecular formula is C18H19N3O2S2. The number of aromatic nitrogens is 2. The molecule has 1 heterocycles. The molecule has 7 heteroatoms. The van der Waals surface area contributed by atoms with E-state index in [0.29, 0.717) is 6.61 Å². The first-order chi connectivity index (χ1) is 12.3. The van der Waals surface area contributed by atoms with E-state index in [4.69, 9.17) is 9.47 Å². The first kappa shape index (κ1) is 17.6. The SMILES string of the molecule is CCOc1ccccc1Nc1nnc(SCc2ccc(OC)cc2)s1. The van der Waals surface area contributed by atoms with Crippen molar-refractivity contribution < 1.29 is 9.47 Å². The van der Waals surface area contributed by atoms with Crippen LogP contribution in [0, 0.1) is 0 Å². The van der Waals surface area contributed by atoms with Gasteiger partial charge in [-0.3, -0.25) is 0 Å². The maximum absolute atomic E-state index is 5.62. The van der Waals surface area contributed by atoms with Crippen LogP contribution in [0.25, 0.3) is 0 Å². The third-order valence-electron chi connectivity index (χ3n) is 3.36. The standard InChI is InChI=1S/C18H19N3O2S2/c1-3-23-16-7-5-4-6-15(16)19-17-20-21-18(25-17)24-12-13-8-10-14(22-2)11-9-13/h4-11H,3,12H2,1-2H3,(H,19,20). The average molecular weight is 374 g/mol. The normalized spacial score (nSPS) is 10.5. The van der Waals surface area contributed by atoms with Crippen molar-refractivity contribution in [2.24, 2.45) is 0 Å². The number of para-hydroxylation sites is 2. The number of thioether (sulfide) groups is 1. The summed E-state index contributed by atoms with van der Waals surface area (Å²) in [6.07, 6.45) is 0. The van der Waals surface area contributed by atoms with Gasteiger partial charge in [0.25, 0.3) is 0 Å². The summed E-state index contributed by atoms with van der Waals surface area (Å²) in [5.41, 5.74) is 2.12. The molecule has 0 unspecified atom stereocenters. The number of nitrogens with one attached hydrogen (secondary N) is 1. The lowest BCUT2D eigenvalue weighted by Gasteiger charge is -2.09. The molecule has 0 radical (unpaired) electrons. The van der Waals surface area contributed by atoms with Crippen LogP contribution in [0.1, 0.15) is 12.5 Å². The number of rotatable bonds is 8. The van der Waals surface area contributed by atoms with Gasteiger partial charge in [0.15, 0.2) is 4.34 Å². The molecule has 0 fully saturated rings. The summed E-state index contributed by atoms with van der Waals surface area (Å²) >= 11 is 3.20. The third kappa shape index (κ3) is 4.87. The lowest BCUT2D eigenvalue weighted by molar-refractivity contribution is 0.342. The molecule has 1 N–H and O–H groups in total. The van der Waals surface area contributed by atoms with Gasteiger partial charge in [-0.25, -0.2) is 0 Å². The van der Waals surface area contributed by atoms with Crippen LogP contribution in [0.15, 0.2) is 52.9 Å². The van der Waals surface area contributed by atoms with Crippen LogP contribution in [-0.2, 0) is 5.75 Å². The summed E-state index contributed by atoms with van der Waals surface area (Å²) in [6.45, 7) is 2.59. The van der Waals surface area contributed by atoms with E-state index in [1.165, 1.54) is 16.9 Å². The molecular weight excluding hydrogens is 354 g/mol. The van der Waals surface area contributed by atoms with Crippen LogP contribution in [0.4, 0.5) is 10.8 Å². The smallest absolute Gasteiger partial charge is 0.210 e. The summed E-state index contributed by atoms with van der Waals surface area (Å²) in [7, 11) is 1.67. The summed E-state index contributed by atoms with van der Waals surface area (Å²) in [4.78, 5) is 0. The molecule has 0 aliphatic rings. The molecule has 1 aromatic heterocycles. The highest BCUT2D eigenvalue weighted by molar-refractivity contribution is 8.00. The van der Waals surface area contributed by atoms with Gasteiger partial charge in [-0.05, 0) is 36.8 Å². The molecule has 3 aromatic rings. The molecule has 0 aliphatic carbocycles. The van der Waals surface area contributed by atoms with Crippen LogP contribution in [0.2, 0.25) is 0 Å². The van der Waals surface area contributed by atoms with Gasteiger partial charge in [-0.1, -0.05) is 47.4 Å². The molecule has 0 spiro atoms. The van der Waals surface area contributed by atoms with Gasteiger partial charge >= 0.3 is 0 Å². The minimum Gasteiger partial charge on any atom is -0.497 e. The van der Waals surface area contributed by atoms with Gasteiger partial charge in [0.05, 0.1) is 19.4 Å². The maximum atomic E-state index is 5.62. The number of hydrogen-bond donors (Lipinski definition) is 1. The first-order valence-corrected chi connectivity index (χ1v) is 9.66. The summed E-state index contributed by atoms with van der Waals surface area (Å²) < 4.78 is 11.7. The fraction of sp³-hybridized carbons (Fsp3) is 0.222. The van der Waals surface area contributed by atoms with E-state index in [1.54, 1.807) is 18.9 Å². The molecule has 2 aromatic carbocycles. The lowest BCUT2D eigenvalue weighted by Crippen LogP contribution is -1.97. The Bertz CT molecular complexity index is 806. The molecule has 0 bridgehead atoms. The minimum atomic E-state index is 0.623. The number of ether oxygens (including phenoxy) is 2. The van der Waals surface area contributed by atoms with Crippen molar-refractivity contribution in [2.75, 3.05) is 19.0 Å². The van der Waals surface area contributed by atoms with Crippen molar-refractivity contribution in [3.05, 3.63) is 54.1 Å². The molecule has 0 aliphatic heterocycles. The van der Waals surface area contributed by atoms with E-state index < -0.39 is 0 Å². The predicted molar refractivity (Wildman–Crippen MR) is 103 cm³/mol.